The average Bonchev–Trinajstić information content (AvgIpc) is 2.46. The van der Waals surface area contributed by atoms with Crippen molar-refractivity contribution in [3.8, 4) is 5.75 Å². The van der Waals surface area contributed by atoms with Crippen molar-refractivity contribution in [3.63, 3.8) is 0 Å². The monoisotopic (exact) mass is 301 g/mol. The maximum atomic E-state index is 12.2. The highest BCUT2D eigenvalue weighted by molar-refractivity contribution is 7.89. The summed E-state index contributed by atoms with van der Waals surface area (Å²) in [4.78, 5) is 15.6. The van der Waals surface area contributed by atoms with Crippen LogP contribution in [0.4, 0.5) is 0 Å². The second-order valence-electron chi connectivity index (χ2n) is 4.23. The van der Waals surface area contributed by atoms with Gasteiger partial charge in [0.15, 0.2) is 6.61 Å². The number of carboxylic acids is 1. The first-order valence-corrected chi connectivity index (χ1v) is 7.54. The van der Waals surface area contributed by atoms with Gasteiger partial charge in [-0.2, -0.15) is 0 Å². The maximum absolute atomic E-state index is 12.2. The molecular weight excluding hydrogens is 286 g/mol. The first-order valence-electron chi connectivity index (χ1n) is 6.10. The molecule has 0 atom stereocenters. The maximum Gasteiger partial charge on any atom is 0.341 e. The highest BCUT2D eigenvalue weighted by Gasteiger charge is 2.27. The second kappa shape index (κ2) is 6.21. The number of rotatable bonds is 5. The molecule has 1 aromatic rings. The zero-order chi connectivity index (χ0) is 14.6. The molecular formula is C12H15NO6S. The third-order valence-electron chi connectivity index (χ3n) is 2.72. The van der Waals surface area contributed by atoms with Crippen LogP contribution in [-0.4, -0.2) is 43.7 Å². The van der Waals surface area contributed by atoms with Crippen LogP contribution >= 0.6 is 0 Å². The van der Waals surface area contributed by atoms with E-state index in [1.54, 1.807) is 0 Å². The first-order chi connectivity index (χ1) is 9.50. The Balaban J connectivity index is 2.10. The van der Waals surface area contributed by atoms with E-state index in [0.29, 0.717) is 18.9 Å². The fourth-order valence-corrected chi connectivity index (χ4v) is 3.03. The van der Waals surface area contributed by atoms with E-state index in [1.807, 2.05) is 0 Å². The molecule has 1 aliphatic rings. The zero-order valence-corrected chi connectivity index (χ0v) is 11.5. The number of ether oxygens (including phenoxy) is 1. The third-order valence-corrected chi connectivity index (χ3v) is 4.41. The van der Waals surface area contributed by atoms with Crippen molar-refractivity contribution in [2.45, 2.75) is 17.7 Å². The molecule has 110 valence electrons. The van der Waals surface area contributed by atoms with E-state index in [2.05, 4.69) is 0 Å². The van der Waals surface area contributed by atoms with Crippen molar-refractivity contribution in [2.24, 2.45) is 0 Å². The molecule has 8 heteroatoms. The standard InChI is InChI=1S/C12H15NO6S/c14-12(15)9-18-10-3-5-11(6-4-10)20(16,17)13-7-1-2-8-19-13/h3-6H,1-2,7-9H2,(H,14,15). The van der Waals surface area contributed by atoms with E-state index in [0.717, 1.165) is 17.3 Å². The Morgan fingerprint density at radius 3 is 2.55 bits per heavy atom. The fraction of sp³-hybridized carbons (Fsp3) is 0.417. The van der Waals surface area contributed by atoms with Gasteiger partial charge in [0.25, 0.3) is 10.0 Å². The molecule has 0 spiro atoms. The minimum atomic E-state index is -3.67. The average molecular weight is 301 g/mol. The largest absolute Gasteiger partial charge is 0.482 e. The summed E-state index contributed by atoms with van der Waals surface area (Å²) in [7, 11) is -3.67. The topological polar surface area (TPSA) is 93.1 Å². The van der Waals surface area contributed by atoms with E-state index in [-0.39, 0.29) is 4.90 Å². The molecule has 1 aromatic carbocycles. The first kappa shape index (κ1) is 14.8. The molecule has 0 bridgehead atoms. The van der Waals surface area contributed by atoms with Gasteiger partial charge in [-0.25, -0.2) is 13.2 Å². The van der Waals surface area contributed by atoms with Gasteiger partial charge in [-0.3, -0.25) is 4.84 Å². The minimum absolute atomic E-state index is 0.0853. The van der Waals surface area contributed by atoms with Crippen LogP contribution in [0.25, 0.3) is 0 Å². The Labute approximate surface area is 116 Å². The minimum Gasteiger partial charge on any atom is -0.482 e. The van der Waals surface area contributed by atoms with Crippen molar-refractivity contribution in [3.05, 3.63) is 24.3 Å². The van der Waals surface area contributed by atoms with E-state index in [1.165, 1.54) is 24.3 Å². The van der Waals surface area contributed by atoms with Crippen molar-refractivity contribution < 1.29 is 27.9 Å². The number of carbonyl (C=O) groups is 1. The van der Waals surface area contributed by atoms with Crippen molar-refractivity contribution in [1.29, 1.82) is 0 Å². The molecule has 2 rings (SSSR count). The van der Waals surface area contributed by atoms with Gasteiger partial charge in [-0.1, -0.05) is 4.47 Å². The normalized spacial score (nSPS) is 16.8. The van der Waals surface area contributed by atoms with Crippen LogP contribution in [0.2, 0.25) is 0 Å². The van der Waals surface area contributed by atoms with Gasteiger partial charge in [0.1, 0.15) is 5.75 Å². The summed E-state index contributed by atoms with van der Waals surface area (Å²) in [6, 6.07) is 5.56. The van der Waals surface area contributed by atoms with Gasteiger partial charge in [0, 0.05) is 6.54 Å². The molecule has 1 fully saturated rings. The Morgan fingerprint density at radius 2 is 2.00 bits per heavy atom. The van der Waals surface area contributed by atoms with Gasteiger partial charge in [-0.15, -0.1) is 0 Å². The molecule has 1 heterocycles. The van der Waals surface area contributed by atoms with Crippen LogP contribution in [0, 0.1) is 0 Å². The predicted molar refractivity (Wildman–Crippen MR) is 68.7 cm³/mol. The van der Waals surface area contributed by atoms with Crippen molar-refractivity contribution in [2.75, 3.05) is 19.8 Å². The summed E-state index contributed by atoms with van der Waals surface area (Å²) < 4.78 is 30.4. The van der Waals surface area contributed by atoms with Crippen molar-refractivity contribution >= 4 is 16.0 Å². The number of aliphatic carboxylic acids is 1. The Hall–Kier alpha value is -1.64. The Morgan fingerprint density at radius 1 is 1.30 bits per heavy atom. The van der Waals surface area contributed by atoms with E-state index in [4.69, 9.17) is 14.7 Å². The molecule has 1 aliphatic heterocycles. The van der Waals surface area contributed by atoms with Gasteiger partial charge in [-0.05, 0) is 37.1 Å². The highest BCUT2D eigenvalue weighted by Crippen LogP contribution is 2.22. The number of hydrogen-bond donors (Lipinski definition) is 1. The van der Waals surface area contributed by atoms with Crippen LogP contribution in [0.1, 0.15) is 12.8 Å². The number of benzene rings is 1. The molecule has 0 aliphatic carbocycles. The summed E-state index contributed by atoms with van der Waals surface area (Å²) in [5.74, 6) is -0.797. The number of nitrogens with zero attached hydrogens (tertiary/aromatic N) is 1. The molecule has 1 N–H and O–H groups in total. The molecule has 20 heavy (non-hydrogen) atoms. The summed E-state index contributed by atoms with van der Waals surface area (Å²) in [6.07, 6.45) is 1.60. The summed E-state index contributed by atoms with van der Waals surface area (Å²) >= 11 is 0. The molecule has 1 saturated heterocycles. The van der Waals surface area contributed by atoms with E-state index < -0.39 is 22.6 Å². The SMILES string of the molecule is O=C(O)COc1ccc(S(=O)(=O)N2CCCCO2)cc1. The Kier molecular flexibility index (Phi) is 4.58. The summed E-state index contributed by atoms with van der Waals surface area (Å²) in [5, 5.41) is 8.48. The van der Waals surface area contributed by atoms with Crippen LogP contribution in [0.5, 0.6) is 5.75 Å². The zero-order valence-electron chi connectivity index (χ0n) is 10.7. The fourth-order valence-electron chi connectivity index (χ4n) is 1.73. The third kappa shape index (κ3) is 3.47. The van der Waals surface area contributed by atoms with Crippen molar-refractivity contribution in [1.82, 2.24) is 4.47 Å². The van der Waals surface area contributed by atoms with E-state index in [9.17, 15) is 13.2 Å². The number of hydroxylamine groups is 1. The lowest BCUT2D eigenvalue weighted by Gasteiger charge is -2.25. The lowest BCUT2D eigenvalue weighted by molar-refractivity contribution is -0.139. The number of hydrogen-bond acceptors (Lipinski definition) is 5. The predicted octanol–water partition coefficient (Wildman–Crippen LogP) is 0.866. The second-order valence-corrected chi connectivity index (χ2v) is 6.05. The molecule has 7 nitrogen and oxygen atoms in total. The lowest BCUT2D eigenvalue weighted by atomic mass is 10.3. The number of carboxylic acid groups (broad SMARTS) is 1. The highest BCUT2D eigenvalue weighted by atomic mass is 32.2. The Bertz CT molecular complexity index is 562. The lowest BCUT2D eigenvalue weighted by Crippen LogP contribution is -2.35. The van der Waals surface area contributed by atoms with Gasteiger partial charge < -0.3 is 9.84 Å². The van der Waals surface area contributed by atoms with Gasteiger partial charge in [0.2, 0.25) is 0 Å². The molecule has 0 unspecified atom stereocenters. The quantitative estimate of drug-likeness (QED) is 0.867. The summed E-state index contributed by atoms with van der Waals surface area (Å²) in [5.41, 5.74) is 0. The van der Waals surface area contributed by atoms with Crippen LogP contribution in [-0.2, 0) is 19.7 Å². The van der Waals surface area contributed by atoms with E-state index >= 15 is 0 Å². The molecule has 0 aromatic heterocycles. The summed E-state index contributed by atoms with van der Waals surface area (Å²) in [6.45, 7) is 0.250. The van der Waals surface area contributed by atoms with Gasteiger partial charge in [0.05, 0.1) is 11.5 Å². The molecule has 0 saturated carbocycles. The van der Waals surface area contributed by atoms with Crippen LogP contribution in [0.15, 0.2) is 29.2 Å². The van der Waals surface area contributed by atoms with Crippen LogP contribution < -0.4 is 4.74 Å². The molecule has 0 radical (unpaired) electrons. The van der Waals surface area contributed by atoms with Crippen LogP contribution in [0.3, 0.4) is 0 Å². The smallest absolute Gasteiger partial charge is 0.341 e. The van der Waals surface area contributed by atoms with Gasteiger partial charge >= 0.3 is 5.97 Å². The molecule has 0 amide bonds. The number of sulfonamides is 1.